The first-order chi connectivity index (χ1) is 9.97. The normalized spacial score (nSPS) is 33.4. The Hall–Kier alpha value is -1.20. The fourth-order valence-electron chi connectivity index (χ4n) is 3.67. The molecule has 5 nitrogen and oxygen atoms in total. The SMILES string of the molecule is Cc1cc(C)nc(N2CCC[C@@H]2[C@@H]2COCC[C@]2(C)O)n1. The molecule has 1 aromatic rings. The molecule has 0 bridgehead atoms. The van der Waals surface area contributed by atoms with Crippen molar-refractivity contribution in [3.63, 3.8) is 0 Å². The summed E-state index contributed by atoms with van der Waals surface area (Å²) in [5.41, 5.74) is 1.33. The summed E-state index contributed by atoms with van der Waals surface area (Å²) in [4.78, 5) is 11.5. The Morgan fingerprint density at radius 3 is 2.71 bits per heavy atom. The van der Waals surface area contributed by atoms with Gasteiger partial charge in [0.05, 0.1) is 12.2 Å². The lowest BCUT2D eigenvalue weighted by Crippen LogP contribution is -2.53. The topological polar surface area (TPSA) is 58.5 Å². The zero-order chi connectivity index (χ0) is 15.0. The highest BCUT2D eigenvalue weighted by Crippen LogP contribution is 2.37. The van der Waals surface area contributed by atoms with Crippen LogP contribution in [0.15, 0.2) is 6.07 Å². The van der Waals surface area contributed by atoms with Gasteiger partial charge in [0.1, 0.15) is 0 Å². The van der Waals surface area contributed by atoms with E-state index >= 15 is 0 Å². The lowest BCUT2D eigenvalue weighted by Gasteiger charge is -2.43. The molecule has 0 aromatic carbocycles. The van der Waals surface area contributed by atoms with Gasteiger partial charge in [0.2, 0.25) is 5.95 Å². The van der Waals surface area contributed by atoms with E-state index in [-0.39, 0.29) is 12.0 Å². The molecule has 3 heterocycles. The molecule has 116 valence electrons. The van der Waals surface area contributed by atoms with Crippen LogP contribution in [0.25, 0.3) is 0 Å². The van der Waals surface area contributed by atoms with E-state index in [0.29, 0.717) is 19.6 Å². The Morgan fingerprint density at radius 2 is 2.05 bits per heavy atom. The molecule has 0 spiro atoms. The van der Waals surface area contributed by atoms with Crippen molar-refractivity contribution in [3.8, 4) is 0 Å². The highest BCUT2D eigenvalue weighted by atomic mass is 16.5. The Balaban J connectivity index is 1.88. The Bertz CT molecular complexity index is 498. The van der Waals surface area contributed by atoms with Crippen LogP contribution in [0, 0.1) is 19.8 Å². The van der Waals surface area contributed by atoms with Gasteiger partial charge in [0, 0.05) is 36.5 Å². The number of ether oxygens (including phenoxy) is 1. The van der Waals surface area contributed by atoms with Crippen LogP contribution in [-0.2, 0) is 4.74 Å². The van der Waals surface area contributed by atoms with Crippen molar-refractivity contribution in [1.82, 2.24) is 9.97 Å². The second-order valence-electron chi connectivity index (χ2n) is 6.64. The van der Waals surface area contributed by atoms with E-state index in [1.54, 1.807) is 0 Å². The summed E-state index contributed by atoms with van der Waals surface area (Å²) in [6.07, 6.45) is 2.89. The first kappa shape index (κ1) is 14.7. The minimum Gasteiger partial charge on any atom is -0.390 e. The van der Waals surface area contributed by atoms with E-state index < -0.39 is 5.60 Å². The number of nitrogens with zero attached hydrogens (tertiary/aromatic N) is 3. The van der Waals surface area contributed by atoms with Gasteiger partial charge < -0.3 is 14.7 Å². The van der Waals surface area contributed by atoms with Gasteiger partial charge >= 0.3 is 0 Å². The summed E-state index contributed by atoms with van der Waals surface area (Å²) in [6, 6.07) is 2.26. The van der Waals surface area contributed by atoms with Crippen molar-refractivity contribution >= 4 is 5.95 Å². The Labute approximate surface area is 126 Å². The molecule has 0 aliphatic carbocycles. The molecule has 0 radical (unpaired) electrons. The maximum absolute atomic E-state index is 10.7. The van der Waals surface area contributed by atoms with Crippen LogP contribution < -0.4 is 4.90 Å². The van der Waals surface area contributed by atoms with Gasteiger partial charge in [-0.1, -0.05) is 0 Å². The van der Waals surface area contributed by atoms with Gasteiger partial charge in [-0.3, -0.25) is 0 Å². The van der Waals surface area contributed by atoms with E-state index in [0.717, 1.165) is 36.7 Å². The van der Waals surface area contributed by atoms with Gasteiger partial charge in [0.15, 0.2) is 0 Å². The summed E-state index contributed by atoms with van der Waals surface area (Å²) in [5.74, 6) is 0.926. The molecule has 5 heteroatoms. The van der Waals surface area contributed by atoms with Crippen molar-refractivity contribution in [3.05, 3.63) is 17.5 Å². The number of aliphatic hydroxyl groups is 1. The molecule has 0 saturated carbocycles. The van der Waals surface area contributed by atoms with Crippen molar-refractivity contribution in [2.75, 3.05) is 24.7 Å². The number of hydrogen-bond acceptors (Lipinski definition) is 5. The lowest BCUT2D eigenvalue weighted by molar-refractivity contribution is -0.108. The molecule has 3 atom stereocenters. The smallest absolute Gasteiger partial charge is 0.226 e. The zero-order valence-electron chi connectivity index (χ0n) is 13.2. The van der Waals surface area contributed by atoms with Crippen LogP contribution in [0.2, 0.25) is 0 Å². The molecule has 2 aliphatic rings. The van der Waals surface area contributed by atoms with E-state index in [4.69, 9.17) is 4.74 Å². The number of aryl methyl sites for hydroxylation is 2. The summed E-state index contributed by atoms with van der Waals surface area (Å²) in [6.45, 7) is 8.18. The maximum Gasteiger partial charge on any atom is 0.226 e. The predicted molar refractivity (Wildman–Crippen MR) is 81.4 cm³/mol. The van der Waals surface area contributed by atoms with Gasteiger partial charge in [-0.15, -0.1) is 0 Å². The molecule has 3 rings (SSSR count). The van der Waals surface area contributed by atoms with Crippen LogP contribution in [0.5, 0.6) is 0 Å². The molecule has 21 heavy (non-hydrogen) atoms. The van der Waals surface area contributed by atoms with Crippen LogP contribution in [0.3, 0.4) is 0 Å². The van der Waals surface area contributed by atoms with E-state index in [2.05, 4.69) is 14.9 Å². The predicted octanol–water partition coefficient (Wildman–Crippen LogP) is 1.85. The van der Waals surface area contributed by atoms with Crippen molar-refractivity contribution in [1.29, 1.82) is 0 Å². The summed E-state index contributed by atoms with van der Waals surface area (Å²) in [7, 11) is 0. The third-order valence-corrected chi connectivity index (χ3v) is 4.84. The largest absolute Gasteiger partial charge is 0.390 e. The molecule has 0 amide bonds. The van der Waals surface area contributed by atoms with Gasteiger partial charge in [-0.05, 0) is 46.1 Å². The standard InChI is InChI=1S/C16H25N3O2/c1-11-9-12(2)18-15(17-11)19-7-4-5-14(19)13-10-21-8-6-16(13,3)20/h9,13-14,20H,4-8,10H2,1-3H3/t13-,14+,16-/m0/s1. The third-order valence-electron chi connectivity index (χ3n) is 4.84. The molecular formula is C16H25N3O2. The average molecular weight is 291 g/mol. The zero-order valence-corrected chi connectivity index (χ0v) is 13.2. The number of hydrogen-bond donors (Lipinski definition) is 1. The van der Waals surface area contributed by atoms with Gasteiger partial charge in [-0.2, -0.15) is 0 Å². The molecule has 2 saturated heterocycles. The third kappa shape index (κ3) is 2.90. The maximum atomic E-state index is 10.7. The Morgan fingerprint density at radius 1 is 1.33 bits per heavy atom. The first-order valence-electron chi connectivity index (χ1n) is 7.86. The van der Waals surface area contributed by atoms with Crippen LogP contribution in [0.4, 0.5) is 5.95 Å². The highest BCUT2D eigenvalue weighted by molar-refractivity contribution is 5.36. The monoisotopic (exact) mass is 291 g/mol. The van der Waals surface area contributed by atoms with Crippen LogP contribution >= 0.6 is 0 Å². The number of anilines is 1. The molecular weight excluding hydrogens is 266 g/mol. The van der Waals surface area contributed by atoms with E-state index in [9.17, 15) is 5.11 Å². The van der Waals surface area contributed by atoms with Gasteiger partial charge in [0.25, 0.3) is 0 Å². The summed E-state index contributed by atoms with van der Waals surface area (Å²) < 4.78 is 5.63. The van der Waals surface area contributed by atoms with Crippen molar-refractivity contribution in [2.45, 2.75) is 51.7 Å². The minimum atomic E-state index is -0.662. The lowest BCUT2D eigenvalue weighted by atomic mass is 9.79. The number of rotatable bonds is 2. The summed E-state index contributed by atoms with van der Waals surface area (Å²) >= 11 is 0. The highest BCUT2D eigenvalue weighted by Gasteiger charge is 2.44. The van der Waals surface area contributed by atoms with Crippen molar-refractivity contribution < 1.29 is 9.84 Å². The fraction of sp³-hybridized carbons (Fsp3) is 0.750. The second-order valence-corrected chi connectivity index (χ2v) is 6.64. The Kier molecular flexibility index (Phi) is 3.88. The van der Waals surface area contributed by atoms with E-state index in [1.165, 1.54) is 0 Å². The van der Waals surface area contributed by atoms with Crippen LogP contribution in [-0.4, -0.2) is 46.5 Å². The van der Waals surface area contributed by atoms with Crippen LogP contribution in [0.1, 0.15) is 37.6 Å². The quantitative estimate of drug-likeness (QED) is 0.901. The molecule has 1 N–H and O–H groups in total. The fourth-order valence-corrected chi connectivity index (χ4v) is 3.67. The van der Waals surface area contributed by atoms with E-state index in [1.807, 2.05) is 26.8 Å². The van der Waals surface area contributed by atoms with Gasteiger partial charge in [-0.25, -0.2) is 9.97 Å². The number of aromatic nitrogens is 2. The minimum absolute atomic E-state index is 0.123. The molecule has 1 aromatic heterocycles. The average Bonchev–Trinajstić information content (AvgIpc) is 2.86. The summed E-state index contributed by atoms with van der Waals surface area (Å²) in [5, 5.41) is 10.7. The second kappa shape index (κ2) is 5.54. The first-order valence-corrected chi connectivity index (χ1v) is 7.86. The molecule has 2 aliphatic heterocycles. The van der Waals surface area contributed by atoms with Crippen molar-refractivity contribution in [2.24, 2.45) is 5.92 Å². The molecule has 2 fully saturated rings. The molecule has 0 unspecified atom stereocenters.